The molecule has 0 spiro atoms. The number of carbonyl (C=O) groups is 1. The molecule has 5 heteroatoms. The van der Waals surface area contributed by atoms with Gasteiger partial charge in [0.15, 0.2) is 0 Å². The van der Waals surface area contributed by atoms with E-state index in [1.807, 2.05) is 0 Å². The molecule has 92 valence electrons. The lowest BCUT2D eigenvalue weighted by Gasteiger charge is -2.12. The van der Waals surface area contributed by atoms with Crippen LogP contribution in [0.5, 0.6) is 5.75 Å². The summed E-state index contributed by atoms with van der Waals surface area (Å²) < 4.78 is 0. The molecule has 0 unspecified atom stereocenters. The highest BCUT2D eigenvalue weighted by atomic mass is 16.8. The topological polar surface area (TPSA) is 81.0 Å². The van der Waals surface area contributed by atoms with E-state index in [1.54, 1.807) is 30.3 Å². The fourth-order valence-electron chi connectivity index (χ4n) is 1.73. The highest BCUT2D eigenvalue weighted by Gasteiger charge is 2.19. The van der Waals surface area contributed by atoms with Gasteiger partial charge in [0.1, 0.15) is 5.75 Å². The molecule has 0 saturated heterocycles. The monoisotopic (exact) mass is 245 g/mol. The predicted octanol–water partition coefficient (Wildman–Crippen LogP) is 2.28. The molecule has 0 aromatic heterocycles. The molecule has 5 nitrogen and oxygen atoms in total. The van der Waals surface area contributed by atoms with Gasteiger partial charge in [-0.25, -0.2) is 0 Å². The summed E-state index contributed by atoms with van der Waals surface area (Å²) in [6.07, 6.45) is 0. The Morgan fingerprint density at radius 1 is 0.944 bits per heavy atom. The number of benzene rings is 2. The average molecular weight is 245 g/mol. The molecule has 0 aliphatic carbocycles. The van der Waals surface area contributed by atoms with E-state index in [4.69, 9.17) is 10.4 Å². The number of hydroxylamine groups is 2. The third-order valence-corrected chi connectivity index (χ3v) is 2.52. The maximum atomic E-state index is 11.6. The quantitative estimate of drug-likeness (QED) is 0.560. The SMILES string of the molecule is O=C(c1cccc(O)c1-c1ccccc1)N(O)O. The van der Waals surface area contributed by atoms with Crippen LogP contribution in [0, 0.1) is 0 Å². The third-order valence-electron chi connectivity index (χ3n) is 2.52. The first-order chi connectivity index (χ1) is 8.61. The van der Waals surface area contributed by atoms with Gasteiger partial charge in [0.25, 0.3) is 0 Å². The first-order valence-electron chi connectivity index (χ1n) is 5.21. The fraction of sp³-hybridized carbons (Fsp3) is 0. The minimum atomic E-state index is -1.01. The summed E-state index contributed by atoms with van der Waals surface area (Å²) in [6, 6.07) is 13.0. The first-order valence-corrected chi connectivity index (χ1v) is 5.21. The zero-order valence-corrected chi connectivity index (χ0v) is 9.32. The Hall–Kier alpha value is -2.37. The number of phenolic OH excluding ortho intramolecular Hbond substituents is 1. The molecule has 0 heterocycles. The minimum absolute atomic E-state index is 0.00574. The molecule has 0 bridgehead atoms. The zero-order valence-electron chi connectivity index (χ0n) is 9.32. The van der Waals surface area contributed by atoms with Crippen LogP contribution in [0.4, 0.5) is 0 Å². The number of nitrogens with zero attached hydrogens (tertiary/aromatic N) is 1. The summed E-state index contributed by atoms with van der Waals surface area (Å²) in [5.74, 6) is -1.11. The van der Waals surface area contributed by atoms with Crippen molar-refractivity contribution in [2.24, 2.45) is 0 Å². The normalized spacial score (nSPS) is 10.1. The molecule has 1 amide bonds. The molecule has 0 saturated carbocycles. The summed E-state index contributed by atoms with van der Waals surface area (Å²) in [7, 11) is 0. The number of hydrogen-bond donors (Lipinski definition) is 3. The van der Waals surface area contributed by atoms with Gasteiger partial charge in [-0.1, -0.05) is 41.6 Å². The van der Waals surface area contributed by atoms with Crippen LogP contribution in [0.2, 0.25) is 0 Å². The van der Waals surface area contributed by atoms with Gasteiger partial charge in [0.05, 0.1) is 5.56 Å². The van der Waals surface area contributed by atoms with Crippen molar-refractivity contribution >= 4 is 5.91 Å². The standard InChI is InChI=1S/C13H11NO4/c15-11-8-4-7-10(13(16)14(17)18)12(11)9-5-2-1-3-6-9/h1-8,15,17-18H. The number of phenols is 1. The summed E-state index contributed by atoms with van der Waals surface area (Å²) in [4.78, 5) is 11.6. The van der Waals surface area contributed by atoms with Crippen molar-refractivity contribution in [3.05, 3.63) is 54.1 Å². The Morgan fingerprint density at radius 2 is 1.61 bits per heavy atom. The molecule has 0 fully saturated rings. The van der Waals surface area contributed by atoms with E-state index in [9.17, 15) is 9.90 Å². The Kier molecular flexibility index (Phi) is 3.27. The Morgan fingerprint density at radius 3 is 2.22 bits per heavy atom. The van der Waals surface area contributed by atoms with Gasteiger partial charge >= 0.3 is 5.91 Å². The predicted molar refractivity (Wildman–Crippen MR) is 63.3 cm³/mol. The maximum Gasteiger partial charge on any atom is 0.304 e. The lowest BCUT2D eigenvalue weighted by molar-refractivity contribution is -0.260. The van der Waals surface area contributed by atoms with Crippen molar-refractivity contribution in [1.29, 1.82) is 0 Å². The molecule has 2 rings (SSSR count). The molecule has 0 aliphatic heterocycles. The van der Waals surface area contributed by atoms with Crippen LogP contribution in [0.3, 0.4) is 0 Å². The molecular weight excluding hydrogens is 234 g/mol. The maximum absolute atomic E-state index is 11.6. The molecular formula is C13H11NO4. The average Bonchev–Trinajstić information content (AvgIpc) is 2.38. The molecule has 0 aliphatic rings. The largest absolute Gasteiger partial charge is 0.507 e. The van der Waals surface area contributed by atoms with Crippen LogP contribution in [0.1, 0.15) is 10.4 Å². The molecule has 2 aromatic carbocycles. The smallest absolute Gasteiger partial charge is 0.304 e. The van der Waals surface area contributed by atoms with Gasteiger partial charge < -0.3 is 5.11 Å². The summed E-state index contributed by atoms with van der Waals surface area (Å²) in [5, 5.41) is 26.9. The second-order valence-electron chi connectivity index (χ2n) is 3.66. The second-order valence-corrected chi connectivity index (χ2v) is 3.66. The number of hydrogen-bond acceptors (Lipinski definition) is 4. The third kappa shape index (κ3) is 2.17. The Labute approximate surface area is 103 Å². The van der Waals surface area contributed by atoms with Crippen LogP contribution in [-0.2, 0) is 0 Å². The van der Waals surface area contributed by atoms with Crippen molar-refractivity contribution in [3.8, 4) is 16.9 Å². The lowest BCUT2D eigenvalue weighted by atomic mass is 9.98. The van der Waals surface area contributed by atoms with Crippen molar-refractivity contribution < 1.29 is 20.3 Å². The number of amides is 1. The fourth-order valence-corrected chi connectivity index (χ4v) is 1.73. The molecule has 2 aromatic rings. The summed E-state index contributed by atoms with van der Waals surface area (Å²) in [5.41, 5.74) is 0.878. The van der Waals surface area contributed by atoms with E-state index in [0.29, 0.717) is 5.56 Å². The van der Waals surface area contributed by atoms with Crippen LogP contribution >= 0.6 is 0 Å². The number of carbonyl (C=O) groups excluding carboxylic acids is 1. The van der Waals surface area contributed by atoms with Crippen molar-refractivity contribution in [2.45, 2.75) is 0 Å². The highest BCUT2D eigenvalue weighted by molar-refractivity contribution is 6.01. The van der Waals surface area contributed by atoms with Crippen LogP contribution < -0.4 is 0 Å². The molecule has 0 radical (unpaired) electrons. The minimum Gasteiger partial charge on any atom is -0.507 e. The highest BCUT2D eigenvalue weighted by Crippen LogP contribution is 2.32. The second kappa shape index (κ2) is 4.87. The van der Waals surface area contributed by atoms with Gasteiger partial charge in [-0.2, -0.15) is 0 Å². The van der Waals surface area contributed by atoms with E-state index in [0.717, 1.165) is 0 Å². The molecule has 3 N–H and O–H groups in total. The molecule has 0 atom stereocenters. The van der Waals surface area contributed by atoms with Crippen molar-refractivity contribution in [3.63, 3.8) is 0 Å². The van der Waals surface area contributed by atoms with E-state index >= 15 is 0 Å². The van der Waals surface area contributed by atoms with E-state index in [-0.39, 0.29) is 16.9 Å². The van der Waals surface area contributed by atoms with E-state index < -0.39 is 11.1 Å². The van der Waals surface area contributed by atoms with Crippen molar-refractivity contribution in [2.75, 3.05) is 0 Å². The Bertz CT molecular complexity index is 566. The van der Waals surface area contributed by atoms with Crippen LogP contribution in [-0.4, -0.2) is 26.7 Å². The summed E-state index contributed by atoms with van der Waals surface area (Å²) in [6.45, 7) is 0. The van der Waals surface area contributed by atoms with Gasteiger partial charge in [0, 0.05) is 5.56 Å². The summed E-state index contributed by atoms with van der Waals surface area (Å²) >= 11 is 0. The van der Waals surface area contributed by atoms with E-state index in [1.165, 1.54) is 18.2 Å². The lowest BCUT2D eigenvalue weighted by Crippen LogP contribution is -2.23. The number of rotatable bonds is 2. The molecule has 18 heavy (non-hydrogen) atoms. The van der Waals surface area contributed by atoms with Gasteiger partial charge in [-0.05, 0) is 17.7 Å². The van der Waals surface area contributed by atoms with Gasteiger partial charge in [-0.15, -0.1) is 0 Å². The first kappa shape index (κ1) is 12.1. The van der Waals surface area contributed by atoms with Gasteiger partial charge in [-0.3, -0.25) is 15.2 Å². The van der Waals surface area contributed by atoms with Crippen LogP contribution in [0.25, 0.3) is 11.1 Å². The van der Waals surface area contributed by atoms with E-state index in [2.05, 4.69) is 0 Å². The van der Waals surface area contributed by atoms with Gasteiger partial charge in [0.2, 0.25) is 0 Å². The van der Waals surface area contributed by atoms with Crippen LogP contribution in [0.15, 0.2) is 48.5 Å². The zero-order chi connectivity index (χ0) is 13.1. The number of aromatic hydroxyl groups is 1. The van der Waals surface area contributed by atoms with Crippen molar-refractivity contribution in [1.82, 2.24) is 5.23 Å². The Balaban J connectivity index is 2.63.